The first kappa shape index (κ1) is 19.3. The number of hydrogen-bond acceptors (Lipinski definition) is 3. The highest BCUT2D eigenvalue weighted by Crippen LogP contribution is 2.24. The van der Waals surface area contributed by atoms with Gasteiger partial charge in [-0.3, -0.25) is 4.79 Å². The van der Waals surface area contributed by atoms with Gasteiger partial charge in [0.25, 0.3) is 5.91 Å². The first-order chi connectivity index (χ1) is 11.2. The second-order valence-electron chi connectivity index (χ2n) is 5.80. The topological polar surface area (TPSA) is 47.6 Å². The van der Waals surface area contributed by atoms with E-state index < -0.39 is 0 Å². The Labute approximate surface area is 140 Å². The molecule has 0 aliphatic carbocycles. The van der Waals surface area contributed by atoms with Crippen LogP contribution >= 0.6 is 0 Å². The van der Waals surface area contributed by atoms with Gasteiger partial charge in [0.15, 0.2) is 0 Å². The molecule has 4 nitrogen and oxygen atoms in total. The van der Waals surface area contributed by atoms with Crippen molar-refractivity contribution in [2.75, 3.05) is 20.8 Å². The van der Waals surface area contributed by atoms with E-state index in [-0.39, 0.29) is 5.91 Å². The molecule has 0 saturated carbocycles. The number of methoxy groups -OCH3 is 2. The number of benzene rings is 1. The van der Waals surface area contributed by atoms with Crippen molar-refractivity contribution >= 4 is 5.91 Å². The Morgan fingerprint density at radius 1 is 0.957 bits per heavy atom. The van der Waals surface area contributed by atoms with Gasteiger partial charge in [0.2, 0.25) is 0 Å². The molecule has 23 heavy (non-hydrogen) atoms. The lowest BCUT2D eigenvalue weighted by Crippen LogP contribution is -2.24. The summed E-state index contributed by atoms with van der Waals surface area (Å²) in [6, 6.07) is 5.24. The second-order valence-corrected chi connectivity index (χ2v) is 5.80. The van der Waals surface area contributed by atoms with Crippen molar-refractivity contribution in [3.63, 3.8) is 0 Å². The average Bonchev–Trinajstić information content (AvgIpc) is 2.59. The minimum absolute atomic E-state index is 0.0903. The first-order valence-corrected chi connectivity index (χ1v) is 8.73. The zero-order valence-corrected chi connectivity index (χ0v) is 14.8. The number of ether oxygens (including phenoxy) is 2. The van der Waals surface area contributed by atoms with Gasteiger partial charge in [-0.15, -0.1) is 0 Å². The van der Waals surface area contributed by atoms with Gasteiger partial charge in [0.05, 0.1) is 19.8 Å². The van der Waals surface area contributed by atoms with Crippen LogP contribution < -0.4 is 14.8 Å². The van der Waals surface area contributed by atoms with Crippen LogP contribution in [0.5, 0.6) is 11.5 Å². The summed E-state index contributed by atoms with van der Waals surface area (Å²) in [4.78, 5) is 12.2. The number of nitrogens with one attached hydrogen (secondary N) is 1. The molecule has 0 saturated heterocycles. The second kappa shape index (κ2) is 11.8. The Bertz CT molecular complexity index is 460. The molecule has 0 bridgehead atoms. The molecule has 0 heterocycles. The molecule has 1 rings (SSSR count). The molecule has 1 amide bonds. The fourth-order valence-corrected chi connectivity index (χ4v) is 2.54. The van der Waals surface area contributed by atoms with Crippen LogP contribution in [0.2, 0.25) is 0 Å². The van der Waals surface area contributed by atoms with Crippen LogP contribution in [-0.2, 0) is 0 Å². The molecule has 4 heteroatoms. The average molecular weight is 321 g/mol. The molecule has 0 fully saturated rings. The molecule has 130 valence electrons. The quantitative estimate of drug-likeness (QED) is 0.573. The lowest BCUT2D eigenvalue weighted by Gasteiger charge is -2.10. The minimum Gasteiger partial charge on any atom is -0.497 e. The van der Waals surface area contributed by atoms with Crippen LogP contribution in [-0.4, -0.2) is 26.7 Å². The molecule has 0 aromatic heterocycles. The van der Waals surface area contributed by atoms with E-state index in [0.717, 1.165) is 6.42 Å². The van der Waals surface area contributed by atoms with E-state index in [4.69, 9.17) is 9.47 Å². The summed E-state index contributed by atoms with van der Waals surface area (Å²) in [6.07, 6.45) is 10.1. The predicted molar refractivity (Wildman–Crippen MR) is 94.5 cm³/mol. The van der Waals surface area contributed by atoms with Crippen LogP contribution in [0.4, 0.5) is 0 Å². The molecule has 0 unspecified atom stereocenters. The maximum Gasteiger partial charge on any atom is 0.255 e. The number of rotatable bonds is 12. The Morgan fingerprint density at radius 3 is 2.22 bits per heavy atom. The summed E-state index contributed by atoms with van der Waals surface area (Å²) >= 11 is 0. The molecule has 0 aliphatic heterocycles. The first-order valence-electron chi connectivity index (χ1n) is 8.73. The third kappa shape index (κ3) is 7.40. The summed E-state index contributed by atoms with van der Waals surface area (Å²) in [6.45, 7) is 2.95. The van der Waals surface area contributed by atoms with Gasteiger partial charge in [0, 0.05) is 12.6 Å². The van der Waals surface area contributed by atoms with E-state index in [9.17, 15) is 4.79 Å². The van der Waals surface area contributed by atoms with Crippen molar-refractivity contribution in [1.82, 2.24) is 5.32 Å². The fraction of sp³-hybridized carbons (Fsp3) is 0.632. The SMILES string of the molecule is CCCCCCCCCCNC(=O)c1ccc(OC)cc1OC. The van der Waals surface area contributed by atoms with Crippen molar-refractivity contribution in [1.29, 1.82) is 0 Å². The van der Waals surface area contributed by atoms with Gasteiger partial charge in [0.1, 0.15) is 11.5 Å². The van der Waals surface area contributed by atoms with E-state index in [0.29, 0.717) is 23.6 Å². The molecule has 1 aromatic rings. The number of amides is 1. The maximum atomic E-state index is 12.2. The van der Waals surface area contributed by atoms with Crippen molar-refractivity contribution in [2.45, 2.75) is 58.3 Å². The molecule has 0 atom stereocenters. The van der Waals surface area contributed by atoms with Gasteiger partial charge < -0.3 is 14.8 Å². The summed E-state index contributed by atoms with van der Waals surface area (Å²) < 4.78 is 10.4. The van der Waals surface area contributed by atoms with Gasteiger partial charge in [-0.2, -0.15) is 0 Å². The number of carbonyl (C=O) groups is 1. The van der Waals surface area contributed by atoms with E-state index in [1.807, 2.05) is 0 Å². The monoisotopic (exact) mass is 321 g/mol. The van der Waals surface area contributed by atoms with Crippen LogP contribution in [0.15, 0.2) is 18.2 Å². The highest BCUT2D eigenvalue weighted by Gasteiger charge is 2.12. The normalized spacial score (nSPS) is 10.4. The smallest absolute Gasteiger partial charge is 0.255 e. The van der Waals surface area contributed by atoms with Crippen molar-refractivity contribution < 1.29 is 14.3 Å². The van der Waals surface area contributed by atoms with Crippen LogP contribution in [0.1, 0.15) is 68.6 Å². The molecular formula is C19H31NO3. The van der Waals surface area contributed by atoms with E-state index in [1.165, 1.54) is 44.9 Å². The zero-order chi connectivity index (χ0) is 16.9. The van der Waals surface area contributed by atoms with Crippen molar-refractivity contribution in [2.24, 2.45) is 0 Å². The Hall–Kier alpha value is -1.71. The van der Waals surface area contributed by atoms with Crippen molar-refractivity contribution in [3.05, 3.63) is 23.8 Å². The fourth-order valence-electron chi connectivity index (χ4n) is 2.54. The lowest BCUT2D eigenvalue weighted by molar-refractivity contribution is 0.0950. The summed E-state index contributed by atoms with van der Waals surface area (Å²) in [5.74, 6) is 1.13. The standard InChI is InChI=1S/C19H31NO3/c1-4-5-6-7-8-9-10-11-14-20-19(21)17-13-12-16(22-2)15-18(17)23-3/h12-13,15H,4-11,14H2,1-3H3,(H,20,21). The molecule has 1 N–H and O–H groups in total. The van der Waals surface area contributed by atoms with Crippen molar-refractivity contribution in [3.8, 4) is 11.5 Å². The van der Waals surface area contributed by atoms with Crippen LogP contribution in [0.3, 0.4) is 0 Å². The predicted octanol–water partition coefficient (Wildman–Crippen LogP) is 4.57. The molecule has 0 aliphatic rings. The van der Waals surface area contributed by atoms with Gasteiger partial charge >= 0.3 is 0 Å². The number of carbonyl (C=O) groups excluding carboxylic acids is 1. The summed E-state index contributed by atoms with van der Waals surface area (Å²) in [5, 5.41) is 2.96. The van der Waals surface area contributed by atoms with E-state index in [2.05, 4.69) is 12.2 Å². The third-order valence-electron chi connectivity index (χ3n) is 3.97. The number of unbranched alkanes of at least 4 members (excludes halogenated alkanes) is 7. The Balaban J connectivity index is 2.24. The van der Waals surface area contributed by atoms with Gasteiger partial charge in [-0.05, 0) is 18.6 Å². The largest absolute Gasteiger partial charge is 0.497 e. The van der Waals surface area contributed by atoms with Crippen LogP contribution in [0, 0.1) is 0 Å². The number of hydrogen-bond donors (Lipinski definition) is 1. The highest BCUT2D eigenvalue weighted by atomic mass is 16.5. The van der Waals surface area contributed by atoms with E-state index >= 15 is 0 Å². The van der Waals surface area contributed by atoms with Crippen LogP contribution in [0.25, 0.3) is 0 Å². The van der Waals surface area contributed by atoms with E-state index in [1.54, 1.807) is 32.4 Å². The third-order valence-corrected chi connectivity index (χ3v) is 3.97. The Morgan fingerprint density at radius 2 is 1.61 bits per heavy atom. The molecular weight excluding hydrogens is 290 g/mol. The molecule has 1 aromatic carbocycles. The lowest BCUT2D eigenvalue weighted by atomic mass is 10.1. The molecule has 0 spiro atoms. The zero-order valence-electron chi connectivity index (χ0n) is 14.8. The van der Waals surface area contributed by atoms with Gasteiger partial charge in [-0.25, -0.2) is 0 Å². The molecule has 0 radical (unpaired) electrons. The Kier molecular flexibility index (Phi) is 9.92. The summed E-state index contributed by atoms with van der Waals surface area (Å²) in [7, 11) is 3.15. The maximum absolute atomic E-state index is 12.2. The van der Waals surface area contributed by atoms with Gasteiger partial charge in [-0.1, -0.05) is 51.9 Å². The summed E-state index contributed by atoms with van der Waals surface area (Å²) in [5.41, 5.74) is 0.549. The minimum atomic E-state index is -0.0903. The highest BCUT2D eigenvalue weighted by molar-refractivity contribution is 5.97.